The Bertz CT molecular complexity index is 616. The van der Waals surface area contributed by atoms with E-state index < -0.39 is 0 Å². The van der Waals surface area contributed by atoms with Crippen LogP contribution in [0.4, 0.5) is 0 Å². The van der Waals surface area contributed by atoms with Gasteiger partial charge in [-0.15, -0.1) is 0 Å². The first-order valence-corrected chi connectivity index (χ1v) is 5.73. The fraction of sp³-hybridized carbons (Fsp3) is 0.0667. The molecular weight excluding hydrogens is 240 g/mol. The van der Waals surface area contributed by atoms with E-state index in [9.17, 15) is 0 Å². The van der Waals surface area contributed by atoms with Gasteiger partial charge in [-0.3, -0.25) is 0 Å². The van der Waals surface area contributed by atoms with Crippen molar-refractivity contribution < 1.29 is 9.94 Å². The van der Waals surface area contributed by atoms with Crippen LogP contribution < -0.4 is 4.74 Å². The van der Waals surface area contributed by atoms with E-state index in [0.717, 1.165) is 11.3 Å². The summed E-state index contributed by atoms with van der Waals surface area (Å²) in [6.07, 6.45) is 0. The topological polar surface area (TPSA) is 65.6 Å². The molecule has 0 aliphatic rings. The van der Waals surface area contributed by atoms with E-state index in [1.54, 1.807) is 18.2 Å². The molecule has 0 amide bonds. The van der Waals surface area contributed by atoms with Crippen LogP contribution in [-0.4, -0.2) is 10.9 Å². The summed E-state index contributed by atoms with van der Waals surface area (Å²) in [5, 5.41) is 20.5. The first-order chi connectivity index (χ1) is 9.33. The summed E-state index contributed by atoms with van der Waals surface area (Å²) in [7, 11) is 0. The third-order valence-corrected chi connectivity index (χ3v) is 2.56. The van der Waals surface area contributed by atoms with Gasteiger partial charge in [-0.2, -0.15) is 5.26 Å². The molecule has 0 atom stereocenters. The van der Waals surface area contributed by atoms with Crippen LogP contribution in [0.1, 0.15) is 11.1 Å². The minimum Gasteiger partial charge on any atom is -0.489 e. The monoisotopic (exact) mass is 252 g/mol. The zero-order chi connectivity index (χ0) is 13.5. The Kier molecular flexibility index (Phi) is 4.14. The van der Waals surface area contributed by atoms with E-state index in [1.807, 2.05) is 42.5 Å². The Morgan fingerprint density at radius 2 is 1.95 bits per heavy atom. The lowest BCUT2D eigenvalue weighted by Gasteiger charge is -2.06. The molecule has 0 unspecified atom stereocenters. The van der Waals surface area contributed by atoms with E-state index in [0.29, 0.717) is 12.2 Å². The summed E-state index contributed by atoms with van der Waals surface area (Å²) in [6, 6.07) is 18.5. The van der Waals surface area contributed by atoms with Gasteiger partial charge in [0.2, 0.25) is 0 Å². The van der Waals surface area contributed by atoms with Gasteiger partial charge >= 0.3 is 0 Å². The van der Waals surface area contributed by atoms with Crippen molar-refractivity contribution in [1.82, 2.24) is 0 Å². The van der Waals surface area contributed by atoms with E-state index >= 15 is 0 Å². The molecular formula is C15H12N2O2. The second-order valence-corrected chi connectivity index (χ2v) is 3.86. The largest absolute Gasteiger partial charge is 0.489 e. The number of hydrogen-bond donors (Lipinski definition) is 1. The lowest BCUT2D eigenvalue weighted by atomic mass is 10.1. The molecule has 4 nitrogen and oxygen atoms in total. The maximum atomic E-state index is 8.81. The molecule has 0 heterocycles. The van der Waals surface area contributed by atoms with E-state index in [-0.39, 0.29) is 5.71 Å². The molecule has 0 aliphatic heterocycles. The average molecular weight is 252 g/mol. The number of ether oxygens (including phenoxy) is 1. The molecule has 0 bridgehead atoms. The van der Waals surface area contributed by atoms with Crippen molar-refractivity contribution in [1.29, 1.82) is 5.26 Å². The van der Waals surface area contributed by atoms with Crippen molar-refractivity contribution in [3.05, 3.63) is 65.7 Å². The zero-order valence-corrected chi connectivity index (χ0v) is 10.2. The molecule has 1 N–H and O–H groups in total. The maximum Gasteiger partial charge on any atom is 0.186 e. The van der Waals surface area contributed by atoms with Crippen molar-refractivity contribution in [2.75, 3.05) is 0 Å². The lowest BCUT2D eigenvalue weighted by Crippen LogP contribution is -2.00. The van der Waals surface area contributed by atoms with Gasteiger partial charge in [-0.05, 0) is 23.8 Å². The van der Waals surface area contributed by atoms with Gasteiger partial charge in [-0.25, -0.2) is 0 Å². The fourth-order valence-electron chi connectivity index (χ4n) is 1.64. The number of benzene rings is 2. The molecule has 0 saturated carbocycles. The second-order valence-electron chi connectivity index (χ2n) is 3.86. The van der Waals surface area contributed by atoms with Gasteiger partial charge in [0.25, 0.3) is 0 Å². The van der Waals surface area contributed by atoms with Crippen LogP contribution >= 0.6 is 0 Å². The molecule has 94 valence electrons. The molecule has 2 rings (SSSR count). The summed E-state index contributed by atoms with van der Waals surface area (Å²) < 4.78 is 5.61. The van der Waals surface area contributed by atoms with Crippen molar-refractivity contribution in [2.24, 2.45) is 5.16 Å². The van der Waals surface area contributed by atoms with E-state index in [2.05, 4.69) is 5.16 Å². The summed E-state index contributed by atoms with van der Waals surface area (Å²) in [5.41, 5.74) is 1.46. The summed E-state index contributed by atoms with van der Waals surface area (Å²) in [6.45, 7) is 0.391. The van der Waals surface area contributed by atoms with E-state index in [1.165, 1.54) is 0 Å². The molecule has 4 heteroatoms. The molecule has 0 aliphatic carbocycles. The standard InChI is InChI=1S/C15H12N2O2/c16-10-15(17-18)13-6-4-5-12(9-13)11-19-14-7-2-1-3-8-14/h1-9,18H,11H2/b17-15-. The third kappa shape index (κ3) is 3.33. The number of nitriles is 1. The first kappa shape index (κ1) is 12.7. The Balaban J connectivity index is 2.10. The third-order valence-electron chi connectivity index (χ3n) is 2.56. The van der Waals surface area contributed by atoms with Gasteiger partial charge < -0.3 is 9.94 Å². The normalized spacial score (nSPS) is 10.8. The highest BCUT2D eigenvalue weighted by molar-refractivity contribution is 6.11. The fourth-order valence-corrected chi connectivity index (χ4v) is 1.64. The van der Waals surface area contributed by atoms with Crippen molar-refractivity contribution >= 4 is 5.71 Å². The van der Waals surface area contributed by atoms with Crippen LogP contribution in [0.5, 0.6) is 5.75 Å². The molecule has 2 aromatic rings. The lowest BCUT2D eigenvalue weighted by molar-refractivity contribution is 0.306. The van der Waals surface area contributed by atoms with Crippen LogP contribution in [0.2, 0.25) is 0 Å². The predicted octanol–water partition coefficient (Wildman–Crippen LogP) is 2.97. The second kappa shape index (κ2) is 6.22. The first-order valence-electron chi connectivity index (χ1n) is 5.73. The number of nitrogens with zero attached hydrogens (tertiary/aromatic N) is 2. The van der Waals surface area contributed by atoms with Crippen LogP contribution in [0.3, 0.4) is 0 Å². The molecule has 0 fully saturated rings. The highest BCUT2D eigenvalue weighted by Gasteiger charge is 2.04. The van der Waals surface area contributed by atoms with Crippen molar-refractivity contribution in [3.63, 3.8) is 0 Å². The molecule has 0 saturated heterocycles. The summed E-state index contributed by atoms with van der Waals surface area (Å²) in [5.74, 6) is 0.782. The summed E-state index contributed by atoms with van der Waals surface area (Å²) in [4.78, 5) is 0. The number of oxime groups is 1. The molecule has 0 spiro atoms. The maximum absolute atomic E-state index is 8.81. The number of rotatable bonds is 4. The van der Waals surface area contributed by atoms with Crippen molar-refractivity contribution in [3.8, 4) is 11.8 Å². The van der Waals surface area contributed by atoms with Crippen LogP contribution in [0.25, 0.3) is 0 Å². The molecule has 0 aromatic heterocycles. The Morgan fingerprint density at radius 3 is 2.63 bits per heavy atom. The van der Waals surface area contributed by atoms with Gasteiger partial charge in [0.1, 0.15) is 18.4 Å². The number of hydrogen-bond acceptors (Lipinski definition) is 4. The predicted molar refractivity (Wildman–Crippen MR) is 71.2 cm³/mol. The quantitative estimate of drug-likeness (QED) is 0.517. The zero-order valence-electron chi connectivity index (χ0n) is 10.2. The molecule has 0 radical (unpaired) electrons. The Labute approximate surface area is 111 Å². The highest BCUT2D eigenvalue weighted by Crippen LogP contribution is 2.13. The minimum absolute atomic E-state index is 0.0124. The van der Waals surface area contributed by atoms with Gasteiger partial charge in [-0.1, -0.05) is 41.6 Å². The smallest absolute Gasteiger partial charge is 0.186 e. The SMILES string of the molecule is N#C/C(=N/O)c1cccc(COc2ccccc2)c1. The highest BCUT2D eigenvalue weighted by atomic mass is 16.5. The number of para-hydroxylation sites is 1. The minimum atomic E-state index is -0.0124. The van der Waals surface area contributed by atoms with Crippen LogP contribution in [-0.2, 0) is 6.61 Å². The van der Waals surface area contributed by atoms with Gasteiger partial charge in [0.05, 0.1) is 0 Å². The van der Waals surface area contributed by atoms with Crippen LogP contribution in [0.15, 0.2) is 59.8 Å². The summed E-state index contributed by atoms with van der Waals surface area (Å²) >= 11 is 0. The van der Waals surface area contributed by atoms with Crippen LogP contribution in [0, 0.1) is 11.3 Å². The Hall–Kier alpha value is -2.80. The van der Waals surface area contributed by atoms with Gasteiger partial charge in [0, 0.05) is 5.56 Å². The van der Waals surface area contributed by atoms with Crippen molar-refractivity contribution in [2.45, 2.75) is 6.61 Å². The molecule has 2 aromatic carbocycles. The van der Waals surface area contributed by atoms with E-state index in [4.69, 9.17) is 15.2 Å². The average Bonchev–Trinajstić information content (AvgIpc) is 2.48. The Morgan fingerprint density at radius 1 is 1.16 bits per heavy atom. The van der Waals surface area contributed by atoms with Gasteiger partial charge in [0.15, 0.2) is 5.71 Å². The molecule has 19 heavy (non-hydrogen) atoms.